The topological polar surface area (TPSA) is 85.3 Å². The molecule has 1 aromatic heterocycles. The average Bonchev–Trinajstić information content (AvgIpc) is 3.47. The van der Waals surface area contributed by atoms with E-state index in [1.54, 1.807) is 36.9 Å². The van der Waals surface area contributed by atoms with Crippen LogP contribution in [-0.2, 0) is 15.0 Å². The Labute approximate surface area is 210 Å². The molecule has 1 heterocycles. The van der Waals surface area contributed by atoms with Crippen molar-refractivity contribution in [1.82, 2.24) is 9.78 Å². The van der Waals surface area contributed by atoms with Crippen molar-refractivity contribution in [3.8, 4) is 5.75 Å². The average molecular weight is 495 g/mol. The number of nitrogens with one attached hydrogen (secondary N) is 2. The molecule has 0 bridgehead atoms. The molecule has 2 amide bonds. The van der Waals surface area contributed by atoms with E-state index in [9.17, 15) is 9.59 Å². The molecule has 1 saturated carbocycles. The van der Waals surface area contributed by atoms with E-state index in [-0.39, 0.29) is 11.8 Å². The number of carbonyl (C=O) groups excluding carboxylic acids is 2. The van der Waals surface area contributed by atoms with Gasteiger partial charge in [-0.15, -0.1) is 0 Å². The highest BCUT2D eigenvalue weighted by Crippen LogP contribution is 2.43. The number of ether oxygens (including phenoxy) is 1. The van der Waals surface area contributed by atoms with Crippen molar-refractivity contribution >= 4 is 34.8 Å². The molecule has 35 heavy (non-hydrogen) atoms. The maximum Gasteiger partial charge on any atom is 0.248 e. The van der Waals surface area contributed by atoms with Gasteiger partial charge >= 0.3 is 0 Å². The van der Waals surface area contributed by atoms with Gasteiger partial charge in [0.05, 0.1) is 28.9 Å². The van der Waals surface area contributed by atoms with Gasteiger partial charge in [0.1, 0.15) is 11.8 Å². The van der Waals surface area contributed by atoms with E-state index in [4.69, 9.17) is 16.3 Å². The number of aromatic nitrogens is 2. The van der Waals surface area contributed by atoms with Gasteiger partial charge in [-0.2, -0.15) is 5.10 Å². The first-order valence-corrected chi connectivity index (χ1v) is 12.2. The molecule has 8 heteroatoms. The molecule has 3 aromatic rings. The lowest BCUT2D eigenvalue weighted by Crippen LogP contribution is -2.38. The Balaban J connectivity index is 1.49. The molecule has 1 atom stereocenters. The number of nitrogens with zero attached hydrogens (tertiary/aromatic N) is 2. The number of rotatable bonds is 7. The van der Waals surface area contributed by atoms with Gasteiger partial charge in [0.15, 0.2) is 0 Å². The first-order chi connectivity index (χ1) is 16.7. The summed E-state index contributed by atoms with van der Waals surface area (Å²) in [6.07, 6.45) is 3.53. The Kier molecular flexibility index (Phi) is 7.17. The molecular formula is C27H31ClN4O3. The fourth-order valence-corrected chi connectivity index (χ4v) is 5.11. The van der Waals surface area contributed by atoms with Crippen LogP contribution in [0.25, 0.3) is 0 Å². The Hall–Kier alpha value is -3.32. The monoisotopic (exact) mass is 494 g/mol. The molecule has 7 nitrogen and oxygen atoms in total. The van der Waals surface area contributed by atoms with Crippen molar-refractivity contribution in [2.45, 2.75) is 57.9 Å². The zero-order valence-electron chi connectivity index (χ0n) is 20.5. The van der Waals surface area contributed by atoms with Crippen molar-refractivity contribution in [2.24, 2.45) is 0 Å². The summed E-state index contributed by atoms with van der Waals surface area (Å²) in [6.45, 7) is 5.59. The number of carbonyl (C=O) groups is 2. The summed E-state index contributed by atoms with van der Waals surface area (Å²) in [4.78, 5) is 26.3. The number of benzene rings is 2. The van der Waals surface area contributed by atoms with Gasteiger partial charge in [-0.3, -0.25) is 14.3 Å². The number of aryl methyl sites for hydroxylation is 2. The highest BCUT2D eigenvalue weighted by atomic mass is 35.5. The zero-order valence-corrected chi connectivity index (χ0v) is 21.3. The van der Waals surface area contributed by atoms with Crippen LogP contribution in [0.15, 0.2) is 48.5 Å². The fraction of sp³-hybridized carbons (Fsp3) is 0.370. The Morgan fingerprint density at radius 1 is 1.09 bits per heavy atom. The molecule has 0 spiro atoms. The lowest BCUT2D eigenvalue weighted by Gasteiger charge is -2.28. The SMILES string of the molecule is COc1cccc(C2(C(=O)Nc3ccc(NC(=O)C(C)n4nc(C)cc4C)c(Cl)c3)CCCC2)c1. The van der Waals surface area contributed by atoms with Gasteiger partial charge in [-0.05, 0) is 75.6 Å². The number of hydrogen-bond donors (Lipinski definition) is 2. The number of hydrogen-bond acceptors (Lipinski definition) is 4. The van der Waals surface area contributed by atoms with Crippen LogP contribution >= 0.6 is 11.6 Å². The molecule has 1 aliphatic rings. The second kappa shape index (κ2) is 10.1. The summed E-state index contributed by atoms with van der Waals surface area (Å²) in [6, 6.07) is 14.3. The van der Waals surface area contributed by atoms with E-state index in [1.807, 2.05) is 44.2 Å². The molecule has 1 fully saturated rings. The minimum atomic E-state index is -0.608. The molecule has 1 unspecified atom stereocenters. The van der Waals surface area contributed by atoms with E-state index in [2.05, 4.69) is 15.7 Å². The Morgan fingerprint density at radius 2 is 1.83 bits per heavy atom. The van der Waals surface area contributed by atoms with Crippen LogP contribution in [-0.4, -0.2) is 28.7 Å². The summed E-state index contributed by atoms with van der Waals surface area (Å²) in [5.41, 5.74) is 3.17. The van der Waals surface area contributed by atoms with Crippen LogP contribution in [0.3, 0.4) is 0 Å². The van der Waals surface area contributed by atoms with Crippen molar-refractivity contribution in [2.75, 3.05) is 17.7 Å². The van der Waals surface area contributed by atoms with Crippen molar-refractivity contribution < 1.29 is 14.3 Å². The van der Waals surface area contributed by atoms with Crippen LogP contribution in [0.4, 0.5) is 11.4 Å². The largest absolute Gasteiger partial charge is 0.497 e. The van der Waals surface area contributed by atoms with Crippen LogP contribution in [0.2, 0.25) is 5.02 Å². The highest BCUT2D eigenvalue weighted by molar-refractivity contribution is 6.34. The molecule has 0 aliphatic heterocycles. The van der Waals surface area contributed by atoms with E-state index in [1.165, 1.54) is 0 Å². The van der Waals surface area contributed by atoms with Crippen molar-refractivity contribution in [3.05, 3.63) is 70.5 Å². The maximum absolute atomic E-state index is 13.5. The van der Waals surface area contributed by atoms with Gasteiger partial charge in [-0.25, -0.2) is 0 Å². The Morgan fingerprint density at radius 3 is 2.46 bits per heavy atom. The van der Waals surface area contributed by atoms with E-state index in [0.29, 0.717) is 16.4 Å². The summed E-state index contributed by atoms with van der Waals surface area (Å²) >= 11 is 6.49. The predicted octanol–water partition coefficient (Wildman–Crippen LogP) is 5.81. The number of anilines is 2. The Bertz CT molecular complexity index is 1250. The number of halogens is 1. The van der Waals surface area contributed by atoms with Crippen molar-refractivity contribution in [3.63, 3.8) is 0 Å². The minimum absolute atomic E-state index is 0.0609. The quantitative estimate of drug-likeness (QED) is 0.434. The summed E-state index contributed by atoms with van der Waals surface area (Å²) in [7, 11) is 1.63. The molecule has 0 radical (unpaired) electrons. The molecule has 1 aliphatic carbocycles. The lowest BCUT2D eigenvalue weighted by atomic mass is 9.78. The predicted molar refractivity (Wildman–Crippen MR) is 138 cm³/mol. The zero-order chi connectivity index (χ0) is 25.2. The highest BCUT2D eigenvalue weighted by Gasteiger charge is 2.43. The second-order valence-electron chi connectivity index (χ2n) is 9.21. The number of amides is 2. The van der Waals surface area contributed by atoms with Crippen LogP contribution in [0.1, 0.15) is 55.6 Å². The molecule has 2 aromatic carbocycles. The third-order valence-electron chi connectivity index (χ3n) is 6.79. The first kappa shape index (κ1) is 24.8. The normalized spacial score (nSPS) is 15.5. The smallest absolute Gasteiger partial charge is 0.248 e. The summed E-state index contributed by atoms with van der Waals surface area (Å²) in [5, 5.41) is 10.7. The van der Waals surface area contributed by atoms with E-state index >= 15 is 0 Å². The third kappa shape index (κ3) is 5.05. The molecule has 2 N–H and O–H groups in total. The van der Waals surface area contributed by atoms with Crippen LogP contribution in [0, 0.1) is 13.8 Å². The van der Waals surface area contributed by atoms with Gasteiger partial charge < -0.3 is 15.4 Å². The summed E-state index contributed by atoms with van der Waals surface area (Å²) < 4.78 is 7.07. The molecule has 4 rings (SSSR count). The lowest BCUT2D eigenvalue weighted by molar-refractivity contribution is -0.121. The van der Waals surface area contributed by atoms with E-state index < -0.39 is 11.5 Å². The minimum Gasteiger partial charge on any atom is -0.497 e. The molecule has 0 saturated heterocycles. The molecule has 184 valence electrons. The van der Waals surface area contributed by atoms with Crippen LogP contribution < -0.4 is 15.4 Å². The van der Waals surface area contributed by atoms with E-state index in [0.717, 1.165) is 48.4 Å². The van der Waals surface area contributed by atoms with Gasteiger partial charge in [0.25, 0.3) is 0 Å². The second-order valence-corrected chi connectivity index (χ2v) is 9.61. The van der Waals surface area contributed by atoms with Gasteiger partial charge in [0.2, 0.25) is 11.8 Å². The fourth-order valence-electron chi connectivity index (χ4n) is 4.88. The first-order valence-electron chi connectivity index (χ1n) is 11.8. The van der Waals surface area contributed by atoms with Crippen molar-refractivity contribution in [1.29, 1.82) is 0 Å². The third-order valence-corrected chi connectivity index (χ3v) is 7.10. The maximum atomic E-state index is 13.5. The molecular weight excluding hydrogens is 464 g/mol. The van der Waals surface area contributed by atoms with Gasteiger partial charge in [-0.1, -0.05) is 36.6 Å². The standard InChI is InChI=1S/C27H31ClN4O3/c1-17-14-18(2)32(31-17)19(3)25(33)30-24-11-10-21(16-23(24)28)29-26(34)27(12-5-6-13-27)20-8-7-9-22(15-20)35-4/h7-11,14-16,19H,5-6,12-13H2,1-4H3,(H,29,34)(H,30,33). The summed E-state index contributed by atoms with van der Waals surface area (Å²) in [5.74, 6) is 0.450. The van der Waals surface area contributed by atoms with Gasteiger partial charge in [0, 0.05) is 11.4 Å². The van der Waals surface area contributed by atoms with Crippen LogP contribution in [0.5, 0.6) is 5.75 Å². The number of methoxy groups -OCH3 is 1.